The van der Waals surface area contributed by atoms with E-state index in [2.05, 4.69) is 34.3 Å². The van der Waals surface area contributed by atoms with Crippen molar-refractivity contribution < 1.29 is 9.13 Å². The number of hydrogen-bond donors (Lipinski definition) is 0. The number of aryl methyl sites for hydroxylation is 2. The molecule has 0 aliphatic heterocycles. The average molecular weight is 302 g/mol. The molecule has 0 saturated heterocycles. The monoisotopic (exact) mass is 302 g/mol. The molecule has 2 aromatic heterocycles. The van der Waals surface area contributed by atoms with Gasteiger partial charge in [-0.1, -0.05) is 11.1 Å². The van der Waals surface area contributed by atoms with Crippen LogP contribution in [-0.4, -0.2) is 4.98 Å². The molecule has 0 spiro atoms. The van der Waals surface area contributed by atoms with E-state index in [1.165, 1.54) is 0 Å². The van der Waals surface area contributed by atoms with Crippen LogP contribution in [0.15, 0.2) is 55.0 Å². The van der Waals surface area contributed by atoms with Crippen molar-refractivity contribution in [2.45, 2.75) is 20.8 Å². The lowest BCUT2D eigenvalue weighted by atomic mass is 10.1. The summed E-state index contributed by atoms with van der Waals surface area (Å²) in [5.74, 6) is 0.887. The molecule has 0 fully saturated rings. The van der Waals surface area contributed by atoms with E-state index in [4.69, 9.17) is 6.57 Å². The Balaban J connectivity index is 2.32. The quantitative estimate of drug-likeness (QED) is 0.527. The van der Waals surface area contributed by atoms with Crippen LogP contribution in [0.4, 0.5) is 5.69 Å². The summed E-state index contributed by atoms with van der Waals surface area (Å²) in [6, 6.07) is 11.8. The van der Waals surface area contributed by atoms with Crippen molar-refractivity contribution in [2.75, 3.05) is 0 Å². The van der Waals surface area contributed by atoms with Crippen LogP contribution in [0.1, 0.15) is 17.1 Å². The molecule has 0 radical (unpaired) electrons. The zero-order valence-electron chi connectivity index (χ0n) is 13.5. The minimum Gasteiger partial charge on any atom is -0.238 e. The third kappa shape index (κ3) is 2.69. The molecule has 3 rings (SSSR count). The van der Waals surface area contributed by atoms with E-state index in [1.54, 1.807) is 6.20 Å². The predicted octanol–water partition coefficient (Wildman–Crippen LogP) is 3.11. The maximum absolute atomic E-state index is 7.43. The van der Waals surface area contributed by atoms with Crippen molar-refractivity contribution in [3.05, 3.63) is 83.5 Å². The molecule has 0 saturated carbocycles. The summed E-state index contributed by atoms with van der Waals surface area (Å²) >= 11 is 0. The Morgan fingerprint density at radius 1 is 0.957 bits per heavy atom. The first-order valence-corrected chi connectivity index (χ1v) is 7.45. The predicted molar refractivity (Wildman–Crippen MR) is 87.8 cm³/mol. The van der Waals surface area contributed by atoms with Gasteiger partial charge >= 0.3 is 0 Å². The van der Waals surface area contributed by atoms with Gasteiger partial charge in [-0.15, -0.1) is 0 Å². The van der Waals surface area contributed by atoms with Gasteiger partial charge in [-0.2, -0.15) is 4.57 Å². The van der Waals surface area contributed by atoms with Crippen LogP contribution in [0.2, 0.25) is 0 Å². The van der Waals surface area contributed by atoms with E-state index in [0.29, 0.717) is 5.69 Å². The highest BCUT2D eigenvalue weighted by atomic mass is 15.0. The van der Waals surface area contributed by atoms with Crippen LogP contribution in [-0.2, 0) is 0 Å². The van der Waals surface area contributed by atoms with Gasteiger partial charge < -0.3 is 0 Å². The van der Waals surface area contributed by atoms with Crippen molar-refractivity contribution >= 4 is 5.69 Å². The third-order valence-corrected chi connectivity index (χ3v) is 3.98. The smallest absolute Gasteiger partial charge is 0.238 e. The largest absolute Gasteiger partial charge is 0.300 e. The van der Waals surface area contributed by atoms with E-state index < -0.39 is 0 Å². The van der Waals surface area contributed by atoms with Crippen molar-refractivity contribution in [3.8, 4) is 11.4 Å². The lowest BCUT2D eigenvalue weighted by molar-refractivity contribution is -0.613. The summed E-state index contributed by atoms with van der Waals surface area (Å²) in [7, 11) is 0. The highest BCUT2D eigenvalue weighted by Crippen LogP contribution is 2.23. The fourth-order valence-electron chi connectivity index (χ4n) is 2.73. The molecular formula is C19H18N4+2. The fourth-order valence-corrected chi connectivity index (χ4v) is 2.73. The molecule has 4 heteroatoms. The number of hydrogen-bond acceptors (Lipinski definition) is 1. The summed E-state index contributed by atoms with van der Waals surface area (Å²) in [5, 5.41) is 0. The maximum atomic E-state index is 7.43. The van der Waals surface area contributed by atoms with Gasteiger partial charge in [0.1, 0.15) is 18.1 Å². The van der Waals surface area contributed by atoms with Crippen LogP contribution >= 0.6 is 0 Å². The first-order chi connectivity index (χ1) is 11.1. The van der Waals surface area contributed by atoms with Gasteiger partial charge in [0.05, 0.1) is 12.1 Å². The van der Waals surface area contributed by atoms with E-state index in [9.17, 15) is 0 Å². The van der Waals surface area contributed by atoms with Crippen LogP contribution in [0.3, 0.4) is 0 Å². The van der Waals surface area contributed by atoms with Gasteiger partial charge in [0.25, 0.3) is 5.82 Å². The zero-order valence-corrected chi connectivity index (χ0v) is 13.5. The second kappa shape index (κ2) is 5.98. The Morgan fingerprint density at radius 2 is 1.65 bits per heavy atom. The zero-order chi connectivity index (χ0) is 16.4. The second-order valence-electron chi connectivity index (χ2n) is 5.47. The Morgan fingerprint density at radius 3 is 2.30 bits per heavy atom. The fraction of sp³-hybridized carbons (Fsp3) is 0.158. The lowest BCUT2D eigenvalue weighted by Gasteiger charge is -2.09. The number of nitrogens with zero attached hydrogens (tertiary/aromatic N) is 4. The number of rotatable bonds is 2. The minimum absolute atomic E-state index is 0.618. The third-order valence-electron chi connectivity index (χ3n) is 3.98. The molecule has 0 aliphatic carbocycles. The number of benzene rings is 1. The van der Waals surface area contributed by atoms with Gasteiger partial charge in [-0.25, -0.2) is 9.41 Å². The molecule has 1 aromatic carbocycles. The van der Waals surface area contributed by atoms with Crippen LogP contribution < -0.4 is 9.13 Å². The minimum atomic E-state index is 0.618. The molecule has 3 aromatic rings. The van der Waals surface area contributed by atoms with E-state index in [0.717, 1.165) is 28.5 Å². The second-order valence-corrected chi connectivity index (χ2v) is 5.47. The Kier molecular flexibility index (Phi) is 3.86. The van der Waals surface area contributed by atoms with Gasteiger partial charge in [0, 0.05) is 38.1 Å². The van der Waals surface area contributed by atoms with Crippen molar-refractivity contribution in [1.29, 1.82) is 0 Å². The first-order valence-electron chi connectivity index (χ1n) is 7.45. The molecule has 0 N–H and O–H groups in total. The Labute approximate surface area is 136 Å². The molecule has 0 aliphatic rings. The van der Waals surface area contributed by atoms with Crippen molar-refractivity contribution in [3.63, 3.8) is 0 Å². The van der Waals surface area contributed by atoms with E-state index in [1.807, 2.05) is 54.2 Å². The summed E-state index contributed by atoms with van der Waals surface area (Å²) in [5.41, 5.74) is 4.85. The molecule has 23 heavy (non-hydrogen) atoms. The maximum Gasteiger partial charge on any atom is 0.300 e. The molecule has 112 valence electrons. The molecule has 0 amide bonds. The molecule has 2 heterocycles. The highest BCUT2D eigenvalue weighted by Gasteiger charge is 2.21. The van der Waals surface area contributed by atoms with E-state index >= 15 is 0 Å². The van der Waals surface area contributed by atoms with E-state index in [-0.39, 0.29) is 0 Å². The first kappa shape index (κ1) is 14.9. The summed E-state index contributed by atoms with van der Waals surface area (Å²) in [6.07, 6.45) is 5.78. The van der Waals surface area contributed by atoms with Crippen LogP contribution in [0.25, 0.3) is 16.2 Å². The van der Waals surface area contributed by atoms with Crippen LogP contribution in [0, 0.1) is 27.3 Å². The molecule has 0 unspecified atom stereocenters. The van der Waals surface area contributed by atoms with Gasteiger partial charge in [0.2, 0.25) is 5.69 Å². The van der Waals surface area contributed by atoms with Crippen molar-refractivity contribution in [1.82, 2.24) is 4.98 Å². The van der Waals surface area contributed by atoms with Gasteiger partial charge in [-0.05, 0) is 13.0 Å². The molecular weight excluding hydrogens is 284 g/mol. The summed E-state index contributed by atoms with van der Waals surface area (Å²) in [6.45, 7) is 13.5. The molecule has 0 atom stereocenters. The normalized spacial score (nSPS) is 10.3. The van der Waals surface area contributed by atoms with Gasteiger partial charge in [0.15, 0.2) is 17.6 Å². The standard InChI is InChI=1S/C19H18N4/c1-14-8-5-6-10-22(14)18-12-17(20-4)13-19(15(18)2)23-11-7-9-21-16(23)3/h5-13H,1-3H3/q+2. The summed E-state index contributed by atoms with van der Waals surface area (Å²) < 4.78 is 4.13. The average Bonchev–Trinajstić information content (AvgIpc) is 2.57. The summed E-state index contributed by atoms with van der Waals surface area (Å²) in [4.78, 5) is 8.00. The Hall–Kier alpha value is -3.06. The van der Waals surface area contributed by atoms with Crippen LogP contribution in [0.5, 0.6) is 0 Å². The van der Waals surface area contributed by atoms with Gasteiger partial charge in [-0.3, -0.25) is 0 Å². The highest BCUT2D eigenvalue weighted by molar-refractivity contribution is 5.59. The molecule has 4 nitrogen and oxygen atoms in total. The lowest BCUT2D eigenvalue weighted by Crippen LogP contribution is -2.39. The molecule has 0 bridgehead atoms. The Bertz CT molecular complexity index is 856. The topological polar surface area (TPSA) is 25.0 Å². The number of aromatic nitrogens is 3. The van der Waals surface area contributed by atoms with Crippen molar-refractivity contribution in [2.24, 2.45) is 0 Å². The SMILES string of the molecule is [C-]#[N+]c1cc(-[n+]2ccccc2C)c(C)c(-[n+]2cccnc2C)c1. The number of pyridine rings is 1.